The molecule has 2 N–H and O–H groups in total. The molecule has 196 valence electrons. The van der Waals surface area contributed by atoms with Crippen LogP contribution in [0.1, 0.15) is 32.1 Å². The van der Waals surface area contributed by atoms with Gasteiger partial charge in [0.25, 0.3) is 17.9 Å². The van der Waals surface area contributed by atoms with Crippen LogP contribution in [0.3, 0.4) is 0 Å². The average Bonchev–Trinajstić information content (AvgIpc) is 3.40. The number of oxime groups is 1. The summed E-state index contributed by atoms with van der Waals surface area (Å²) < 4.78 is 79.8. The van der Waals surface area contributed by atoms with Gasteiger partial charge in [0.15, 0.2) is 0 Å². The number of carbonyl (C=O) groups excluding carboxylic acids is 2. The minimum absolute atomic E-state index is 0.00764. The lowest BCUT2D eigenvalue weighted by atomic mass is 9.88. The Balaban J connectivity index is 1.79. The summed E-state index contributed by atoms with van der Waals surface area (Å²) in [5, 5.41) is 6.52. The first-order valence-corrected chi connectivity index (χ1v) is 11.7. The monoisotopic (exact) mass is 595 g/mol. The topological polar surface area (TPSA) is 79.8 Å². The number of thiophene rings is 1. The van der Waals surface area contributed by atoms with E-state index in [1.54, 1.807) is 0 Å². The van der Waals surface area contributed by atoms with Crippen LogP contribution < -0.4 is 10.6 Å². The van der Waals surface area contributed by atoms with Crippen LogP contribution >= 0.6 is 46.1 Å². The largest absolute Gasteiger partial charge is 0.435 e. The molecule has 1 aromatic carbocycles. The van der Waals surface area contributed by atoms with Crippen molar-refractivity contribution < 1.29 is 40.8 Å². The number of carbonyl (C=O) groups is 2. The van der Waals surface area contributed by atoms with Gasteiger partial charge in [-0.25, -0.2) is 13.2 Å². The molecule has 36 heavy (non-hydrogen) atoms. The van der Waals surface area contributed by atoms with Crippen molar-refractivity contribution in [3.8, 4) is 0 Å². The van der Waals surface area contributed by atoms with Crippen LogP contribution in [0.2, 0.25) is 15.1 Å². The number of alkyl halides is 6. The number of aryl methyl sites for hydroxylation is 1. The van der Waals surface area contributed by atoms with Crippen LogP contribution in [0.5, 0.6) is 0 Å². The summed E-state index contributed by atoms with van der Waals surface area (Å²) in [6.45, 7) is 0.674. The van der Waals surface area contributed by atoms with Crippen LogP contribution in [0.15, 0.2) is 23.4 Å². The first kappa shape index (κ1) is 28.4. The predicted octanol–water partition coefficient (Wildman–Crippen LogP) is 6.01. The van der Waals surface area contributed by atoms with Gasteiger partial charge in [-0.1, -0.05) is 40.0 Å². The lowest BCUT2D eigenvalue weighted by Crippen LogP contribution is -2.42. The van der Waals surface area contributed by atoms with Crippen molar-refractivity contribution in [3.63, 3.8) is 0 Å². The molecule has 1 aliphatic rings. The molecule has 0 radical (unpaired) electrons. The fourth-order valence-corrected chi connectivity index (χ4v) is 4.85. The summed E-state index contributed by atoms with van der Waals surface area (Å²) in [5.41, 5.74) is -3.16. The number of hydrogen-bond donors (Lipinski definition) is 2. The second-order valence-electron chi connectivity index (χ2n) is 7.49. The third kappa shape index (κ3) is 5.68. The molecule has 6 nitrogen and oxygen atoms in total. The summed E-state index contributed by atoms with van der Waals surface area (Å²) in [7, 11) is 0. The highest BCUT2D eigenvalue weighted by Gasteiger charge is 2.62. The number of amides is 2. The molecule has 2 amide bonds. The van der Waals surface area contributed by atoms with Crippen LogP contribution in [-0.2, 0) is 15.2 Å². The number of halogens is 9. The van der Waals surface area contributed by atoms with Gasteiger partial charge in [-0.3, -0.25) is 9.59 Å². The average molecular weight is 597 g/mol. The highest BCUT2D eigenvalue weighted by atomic mass is 35.5. The van der Waals surface area contributed by atoms with Crippen molar-refractivity contribution in [2.45, 2.75) is 37.8 Å². The number of nitrogens with zero attached hydrogens (tertiary/aromatic N) is 1. The molecule has 0 spiro atoms. The van der Waals surface area contributed by atoms with Gasteiger partial charge in [-0.15, -0.1) is 11.3 Å². The van der Waals surface area contributed by atoms with Crippen molar-refractivity contribution in [2.24, 2.45) is 5.16 Å². The summed E-state index contributed by atoms with van der Waals surface area (Å²) in [4.78, 5) is 29.0. The molecule has 0 saturated carbocycles. The van der Waals surface area contributed by atoms with Crippen LogP contribution in [0.25, 0.3) is 0 Å². The lowest BCUT2D eigenvalue weighted by Gasteiger charge is -2.29. The molecule has 0 bridgehead atoms. The van der Waals surface area contributed by atoms with Gasteiger partial charge in [-0.05, 0) is 30.7 Å². The molecule has 1 aliphatic heterocycles. The van der Waals surface area contributed by atoms with E-state index in [1.165, 1.54) is 18.3 Å². The van der Waals surface area contributed by atoms with E-state index in [-0.39, 0.29) is 30.5 Å². The third-order valence-electron chi connectivity index (χ3n) is 4.97. The lowest BCUT2D eigenvalue weighted by molar-refractivity contribution is -0.275. The predicted molar refractivity (Wildman–Crippen MR) is 122 cm³/mol. The van der Waals surface area contributed by atoms with Crippen LogP contribution in [0.4, 0.5) is 26.3 Å². The molecule has 0 fully saturated rings. The standard InChI is InChI=1S/C20H14Cl3F6N3O3S/c1-7-2-12(36-15(7)18(34)30-6-13(33)31-17(26)16(24)25)11-5-19(35-32-11,20(27,28)29)8-3-9(21)14(23)10(22)4-8/h2-4,16-17H,5-6H2,1H3,(H,30,34)(H,31,33)/t17?,19-/m0/s1. The van der Waals surface area contributed by atoms with Gasteiger partial charge in [0.2, 0.25) is 12.2 Å². The highest BCUT2D eigenvalue weighted by Crippen LogP contribution is 2.51. The molecular weight excluding hydrogens is 583 g/mol. The Kier molecular flexibility index (Phi) is 8.38. The van der Waals surface area contributed by atoms with E-state index in [1.807, 2.05) is 0 Å². The Labute approximate surface area is 218 Å². The van der Waals surface area contributed by atoms with E-state index in [2.05, 4.69) is 10.5 Å². The quantitative estimate of drug-likeness (QED) is 0.234. The van der Waals surface area contributed by atoms with E-state index >= 15 is 0 Å². The van der Waals surface area contributed by atoms with Crippen molar-refractivity contribution in [3.05, 3.63) is 54.1 Å². The zero-order valence-electron chi connectivity index (χ0n) is 17.8. The molecule has 2 aromatic rings. The van der Waals surface area contributed by atoms with Crippen LogP contribution in [-0.4, -0.2) is 43.0 Å². The molecular formula is C20H14Cl3F6N3O3S. The second kappa shape index (κ2) is 10.6. The molecule has 16 heteroatoms. The first-order valence-electron chi connectivity index (χ1n) is 9.73. The number of rotatable bonds is 7. The first-order chi connectivity index (χ1) is 16.7. The minimum atomic E-state index is -4.95. The maximum Gasteiger partial charge on any atom is 0.435 e. The normalized spacial score (nSPS) is 18.6. The second-order valence-corrected chi connectivity index (χ2v) is 9.74. The number of benzene rings is 1. The van der Waals surface area contributed by atoms with Gasteiger partial charge in [0.1, 0.15) is 5.71 Å². The summed E-state index contributed by atoms with van der Waals surface area (Å²) in [6.07, 6.45) is -12.1. The van der Waals surface area contributed by atoms with E-state index in [9.17, 15) is 35.9 Å². The molecule has 0 aliphatic carbocycles. The third-order valence-corrected chi connectivity index (χ3v) is 7.46. The summed E-state index contributed by atoms with van der Waals surface area (Å²) in [6, 6.07) is 3.34. The zero-order valence-corrected chi connectivity index (χ0v) is 20.9. The Morgan fingerprint density at radius 2 is 1.78 bits per heavy atom. The maximum atomic E-state index is 14.2. The summed E-state index contributed by atoms with van der Waals surface area (Å²) in [5.74, 6) is -2.03. The number of hydrogen-bond acceptors (Lipinski definition) is 5. The Bertz CT molecular complexity index is 1200. The Morgan fingerprint density at radius 3 is 2.33 bits per heavy atom. The molecule has 2 heterocycles. The highest BCUT2D eigenvalue weighted by molar-refractivity contribution is 7.16. The van der Waals surface area contributed by atoms with Gasteiger partial charge in [0.05, 0.1) is 37.8 Å². The molecule has 1 aromatic heterocycles. The Morgan fingerprint density at radius 1 is 1.17 bits per heavy atom. The van der Waals surface area contributed by atoms with Crippen molar-refractivity contribution in [1.29, 1.82) is 0 Å². The summed E-state index contributed by atoms with van der Waals surface area (Å²) >= 11 is 18.4. The van der Waals surface area contributed by atoms with Gasteiger partial charge < -0.3 is 15.5 Å². The maximum absolute atomic E-state index is 14.2. The van der Waals surface area contributed by atoms with Gasteiger partial charge in [-0.2, -0.15) is 13.2 Å². The van der Waals surface area contributed by atoms with Crippen LogP contribution in [0, 0.1) is 6.92 Å². The van der Waals surface area contributed by atoms with E-state index < -0.39 is 54.8 Å². The number of nitrogens with one attached hydrogen (secondary N) is 2. The fourth-order valence-electron chi connectivity index (χ4n) is 3.18. The SMILES string of the molecule is Cc1cc(C2=NO[C@@](c3cc(Cl)c(Cl)c(Cl)c3)(C(F)(F)F)C2)sc1C(=O)NCC(=O)NC(F)C(F)F. The van der Waals surface area contributed by atoms with Crippen molar-refractivity contribution >= 4 is 63.7 Å². The smallest absolute Gasteiger partial charge is 0.374 e. The van der Waals surface area contributed by atoms with Gasteiger partial charge >= 0.3 is 6.18 Å². The molecule has 3 rings (SSSR count). The van der Waals surface area contributed by atoms with Crippen molar-refractivity contribution in [2.75, 3.05) is 6.54 Å². The zero-order chi connectivity index (χ0) is 27.0. The molecule has 1 unspecified atom stereocenters. The van der Waals surface area contributed by atoms with E-state index in [0.717, 1.165) is 23.5 Å². The van der Waals surface area contributed by atoms with Gasteiger partial charge in [0, 0.05) is 5.56 Å². The van der Waals surface area contributed by atoms with Crippen molar-refractivity contribution in [1.82, 2.24) is 10.6 Å². The molecule has 0 saturated heterocycles. The van der Waals surface area contributed by atoms with E-state index in [0.29, 0.717) is 5.56 Å². The minimum Gasteiger partial charge on any atom is -0.374 e. The fraction of sp³-hybridized carbons (Fsp3) is 0.350. The Hall–Kier alpha value is -2.22. The molecule has 2 atom stereocenters. The van der Waals surface area contributed by atoms with E-state index in [4.69, 9.17) is 39.6 Å².